The molecule has 0 spiro atoms. The maximum atomic E-state index is 12.8. The Morgan fingerprint density at radius 1 is 0.879 bits per heavy atom. The summed E-state index contributed by atoms with van der Waals surface area (Å²) < 4.78 is 28.0. The molecular formula is C27H32N2O3S. The molecule has 2 N–H and O–H groups in total. The fourth-order valence-electron chi connectivity index (χ4n) is 3.48. The van der Waals surface area contributed by atoms with E-state index in [9.17, 15) is 13.2 Å². The van der Waals surface area contributed by atoms with Crippen molar-refractivity contribution >= 4 is 21.6 Å². The molecule has 1 amide bonds. The summed E-state index contributed by atoms with van der Waals surface area (Å²) in [6.45, 7) is 12.1. The molecule has 33 heavy (non-hydrogen) atoms. The van der Waals surface area contributed by atoms with Crippen LogP contribution in [-0.4, -0.2) is 14.3 Å². The number of aryl methyl sites for hydroxylation is 2. The Kier molecular flexibility index (Phi) is 6.98. The lowest BCUT2D eigenvalue weighted by Gasteiger charge is -2.21. The molecule has 1 atom stereocenters. The van der Waals surface area contributed by atoms with Crippen molar-refractivity contribution in [3.05, 3.63) is 94.5 Å². The predicted molar refractivity (Wildman–Crippen MR) is 134 cm³/mol. The van der Waals surface area contributed by atoms with Gasteiger partial charge in [0.1, 0.15) is 0 Å². The van der Waals surface area contributed by atoms with Crippen molar-refractivity contribution in [1.29, 1.82) is 0 Å². The minimum Gasteiger partial charge on any atom is -0.346 e. The van der Waals surface area contributed by atoms with Gasteiger partial charge >= 0.3 is 0 Å². The maximum absolute atomic E-state index is 12.8. The molecule has 0 aliphatic carbocycles. The molecular weight excluding hydrogens is 432 g/mol. The number of rotatable bonds is 6. The molecule has 0 fully saturated rings. The van der Waals surface area contributed by atoms with Gasteiger partial charge in [0.15, 0.2) is 0 Å². The maximum Gasteiger partial charge on any atom is 0.261 e. The average Bonchev–Trinajstić information content (AvgIpc) is 2.74. The number of hydrogen-bond acceptors (Lipinski definition) is 3. The molecule has 0 bridgehead atoms. The van der Waals surface area contributed by atoms with Crippen LogP contribution in [0.5, 0.6) is 0 Å². The van der Waals surface area contributed by atoms with Crippen LogP contribution in [0.15, 0.2) is 71.6 Å². The Balaban J connectivity index is 1.71. The average molecular weight is 465 g/mol. The second-order valence-corrected chi connectivity index (χ2v) is 11.2. The van der Waals surface area contributed by atoms with Gasteiger partial charge in [-0.15, -0.1) is 0 Å². The molecule has 3 aromatic rings. The third-order valence-corrected chi connectivity index (χ3v) is 7.07. The summed E-state index contributed by atoms with van der Waals surface area (Å²) in [5.41, 5.74) is 4.91. The monoisotopic (exact) mass is 464 g/mol. The van der Waals surface area contributed by atoms with Crippen LogP contribution in [0.3, 0.4) is 0 Å². The van der Waals surface area contributed by atoms with E-state index in [0.29, 0.717) is 16.8 Å². The zero-order chi connectivity index (χ0) is 24.4. The van der Waals surface area contributed by atoms with Gasteiger partial charge in [-0.3, -0.25) is 9.52 Å². The third kappa shape index (κ3) is 6.02. The van der Waals surface area contributed by atoms with Crippen LogP contribution in [0, 0.1) is 13.8 Å². The van der Waals surface area contributed by atoms with Crippen molar-refractivity contribution in [3.8, 4) is 0 Å². The summed E-state index contributed by atoms with van der Waals surface area (Å²) in [4.78, 5) is 13.0. The summed E-state index contributed by atoms with van der Waals surface area (Å²) in [7, 11) is -3.71. The van der Waals surface area contributed by atoms with Gasteiger partial charge in [0.2, 0.25) is 0 Å². The molecule has 174 valence electrons. The van der Waals surface area contributed by atoms with E-state index < -0.39 is 10.0 Å². The Hall–Kier alpha value is -3.12. The molecule has 3 rings (SSSR count). The SMILES string of the molecule is Cc1ccc(S(=O)(=O)Nc2ccc(C(=O)N[C@@H](C)c3ccc(C(C)(C)C)cc3)cc2C)cc1. The minimum absolute atomic E-state index is 0.0747. The van der Waals surface area contributed by atoms with Gasteiger partial charge in [-0.25, -0.2) is 8.42 Å². The number of amides is 1. The highest BCUT2D eigenvalue weighted by Gasteiger charge is 2.18. The van der Waals surface area contributed by atoms with Gasteiger partial charge in [0.25, 0.3) is 15.9 Å². The Morgan fingerprint density at radius 2 is 1.48 bits per heavy atom. The molecule has 6 heteroatoms. The standard InChI is InChI=1S/C27H32N2O3S/c1-18-7-14-24(15-8-18)33(31,32)29-25-16-11-22(17-19(25)2)26(30)28-20(3)21-9-12-23(13-10-21)27(4,5)6/h7-17,20,29H,1-6H3,(H,28,30)/t20-/m0/s1. The number of benzene rings is 3. The van der Waals surface area contributed by atoms with E-state index in [1.54, 1.807) is 49.4 Å². The van der Waals surface area contributed by atoms with Crippen molar-refractivity contribution in [1.82, 2.24) is 5.32 Å². The fourth-order valence-corrected chi connectivity index (χ4v) is 4.61. The van der Waals surface area contributed by atoms with Crippen LogP contribution in [0.1, 0.15) is 66.3 Å². The number of carbonyl (C=O) groups excluding carboxylic acids is 1. The van der Waals surface area contributed by atoms with E-state index in [1.807, 2.05) is 26.0 Å². The van der Waals surface area contributed by atoms with E-state index in [-0.39, 0.29) is 22.3 Å². The van der Waals surface area contributed by atoms with Crippen molar-refractivity contribution in [2.24, 2.45) is 0 Å². The normalized spacial score (nSPS) is 12.8. The van der Waals surface area contributed by atoms with Crippen LogP contribution in [0.2, 0.25) is 0 Å². The van der Waals surface area contributed by atoms with Gasteiger partial charge in [-0.2, -0.15) is 0 Å². The summed E-state index contributed by atoms with van der Waals surface area (Å²) >= 11 is 0. The Morgan fingerprint density at radius 3 is 2.03 bits per heavy atom. The zero-order valence-electron chi connectivity index (χ0n) is 20.1. The number of nitrogens with one attached hydrogen (secondary N) is 2. The highest BCUT2D eigenvalue weighted by atomic mass is 32.2. The summed E-state index contributed by atoms with van der Waals surface area (Å²) in [6, 6.07) is 19.7. The van der Waals surface area contributed by atoms with E-state index in [1.165, 1.54) is 5.56 Å². The van der Waals surface area contributed by atoms with Crippen molar-refractivity contribution in [2.75, 3.05) is 4.72 Å². The molecule has 0 saturated carbocycles. The van der Waals surface area contributed by atoms with E-state index in [2.05, 4.69) is 42.9 Å². The fraction of sp³-hybridized carbons (Fsp3) is 0.296. The quantitative estimate of drug-likeness (QED) is 0.477. The molecule has 0 heterocycles. The van der Waals surface area contributed by atoms with E-state index >= 15 is 0 Å². The lowest BCUT2D eigenvalue weighted by Crippen LogP contribution is -2.27. The molecule has 0 saturated heterocycles. The van der Waals surface area contributed by atoms with Crippen LogP contribution < -0.4 is 10.0 Å². The smallest absolute Gasteiger partial charge is 0.261 e. The summed E-state index contributed by atoms with van der Waals surface area (Å²) in [5, 5.41) is 3.02. The summed E-state index contributed by atoms with van der Waals surface area (Å²) in [6.07, 6.45) is 0. The first-order valence-electron chi connectivity index (χ1n) is 11.0. The van der Waals surface area contributed by atoms with Gasteiger partial charge < -0.3 is 5.32 Å². The first kappa shape index (κ1) is 24.5. The predicted octanol–water partition coefficient (Wildman–Crippen LogP) is 5.89. The Labute approximate surface area is 197 Å². The molecule has 3 aromatic carbocycles. The van der Waals surface area contributed by atoms with Gasteiger partial charge in [0.05, 0.1) is 16.6 Å². The van der Waals surface area contributed by atoms with Crippen molar-refractivity contribution in [2.45, 2.75) is 57.9 Å². The number of sulfonamides is 1. The molecule has 0 radical (unpaired) electrons. The summed E-state index contributed by atoms with van der Waals surface area (Å²) in [5.74, 6) is -0.210. The van der Waals surface area contributed by atoms with Crippen LogP contribution >= 0.6 is 0 Å². The lowest BCUT2D eigenvalue weighted by atomic mass is 9.86. The molecule has 5 nitrogen and oxygen atoms in total. The molecule has 0 aromatic heterocycles. The number of hydrogen-bond donors (Lipinski definition) is 2. The van der Waals surface area contributed by atoms with E-state index in [0.717, 1.165) is 11.1 Å². The van der Waals surface area contributed by atoms with Crippen molar-refractivity contribution in [3.63, 3.8) is 0 Å². The van der Waals surface area contributed by atoms with Crippen molar-refractivity contribution < 1.29 is 13.2 Å². The second-order valence-electron chi connectivity index (χ2n) is 9.52. The molecule has 0 aliphatic rings. The number of anilines is 1. The minimum atomic E-state index is -3.71. The zero-order valence-corrected chi connectivity index (χ0v) is 20.9. The lowest BCUT2D eigenvalue weighted by molar-refractivity contribution is 0.0940. The highest BCUT2D eigenvalue weighted by Crippen LogP contribution is 2.25. The van der Waals surface area contributed by atoms with E-state index in [4.69, 9.17) is 0 Å². The largest absolute Gasteiger partial charge is 0.346 e. The Bertz CT molecular complexity index is 1240. The van der Waals surface area contributed by atoms with Gasteiger partial charge in [-0.1, -0.05) is 62.7 Å². The topological polar surface area (TPSA) is 75.3 Å². The highest BCUT2D eigenvalue weighted by molar-refractivity contribution is 7.92. The van der Waals surface area contributed by atoms with Gasteiger partial charge in [-0.05, 0) is 73.2 Å². The molecule has 0 aliphatic heterocycles. The van der Waals surface area contributed by atoms with Crippen LogP contribution in [0.4, 0.5) is 5.69 Å². The third-order valence-electron chi connectivity index (χ3n) is 5.69. The first-order chi connectivity index (χ1) is 15.4. The first-order valence-corrected chi connectivity index (χ1v) is 12.5. The second kappa shape index (κ2) is 9.40. The van der Waals surface area contributed by atoms with Crippen LogP contribution in [0.25, 0.3) is 0 Å². The number of carbonyl (C=O) groups is 1. The molecule has 0 unspecified atom stereocenters. The van der Waals surface area contributed by atoms with Crippen LogP contribution in [-0.2, 0) is 15.4 Å². The van der Waals surface area contributed by atoms with Gasteiger partial charge in [0, 0.05) is 5.56 Å².